The molecule has 1 fully saturated rings. The van der Waals surface area contributed by atoms with Crippen LogP contribution in [0, 0.1) is 5.82 Å². The Morgan fingerprint density at radius 1 is 1.15 bits per heavy atom. The number of hydrogen-bond acceptors (Lipinski definition) is 7. The number of piperazine rings is 1. The van der Waals surface area contributed by atoms with Crippen molar-refractivity contribution in [3.8, 4) is 5.75 Å². The Hall–Kier alpha value is -3.98. The number of aromatic hydroxyl groups is 1. The summed E-state index contributed by atoms with van der Waals surface area (Å²) in [6, 6.07) is 11.7. The van der Waals surface area contributed by atoms with Crippen LogP contribution in [-0.4, -0.2) is 59.1 Å². The minimum absolute atomic E-state index is 0.000732. The zero-order chi connectivity index (χ0) is 23.4. The number of hydrogen-bond donors (Lipinski definition) is 3. The number of carbonyl (C=O) groups is 1. The Bertz CT molecular complexity index is 1140. The molecule has 0 radical (unpaired) electrons. The summed E-state index contributed by atoms with van der Waals surface area (Å²) >= 11 is 0. The van der Waals surface area contributed by atoms with Crippen molar-refractivity contribution >= 4 is 35.0 Å². The first-order chi connectivity index (χ1) is 15.9. The van der Waals surface area contributed by atoms with E-state index in [-0.39, 0.29) is 23.1 Å². The Kier molecular flexibility index (Phi) is 6.50. The van der Waals surface area contributed by atoms with Crippen LogP contribution >= 0.6 is 0 Å². The molecule has 1 amide bonds. The van der Waals surface area contributed by atoms with Crippen molar-refractivity contribution in [1.29, 1.82) is 0 Å². The zero-order valence-electron chi connectivity index (χ0n) is 18.3. The second-order valence-electron chi connectivity index (χ2n) is 7.75. The van der Waals surface area contributed by atoms with Crippen molar-refractivity contribution in [3.63, 3.8) is 0 Å². The summed E-state index contributed by atoms with van der Waals surface area (Å²) in [5, 5.41) is 15.3. The van der Waals surface area contributed by atoms with Gasteiger partial charge in [-0.1, -0.05) is 18.7 Å². The zero-order valence-corrected chi connectivity index (χ0v) is 18.3. The Labute approximate surface area is 191 Å². The second kappa shape index (κ2) is 9.66. The number of phenolic OH excluding ortho intramolecular Hbond substituents is 1. The molecule has 1 aromatic heterocycles. The summed E-state index contributed by atoms with van der Waals surface area (Å²) in [6.07, 6.45) is 2.89. The van der Waals surface area contributed by atoms with Crippen molar-refractivity contribution < 1.29 is 14.3 Å². The van der Waals surface area contributed by atoms with Gasteiger partial charge in [-0.3, -0.25) is 4.79 Å². The number of carbonyl (C=O) groups excluding carboxylic acids is 1. The monoisotopic (exact) mass is 448 g/mol. The molecule has 4 rings (SSSR count). The third kappa shape index (κ3) is 5.09. The molecular formula is C24H25FN6O2. The van der Waals surface area contributed by atoms with Gasteiger partial charge in [0, 0.05) is 49.3 Å². The lowest BCUT2D eigenvalue weighted by Gasteiger charge is -2.34. The third-order valence-electron chi connectivity index (χ3n) is 5.47. The van der Waals surface area contributed by atoms with E-state index < -0.39 is 11.7 Å². The lowest BCUT2D eigenvalue weighted by atomic mass is 10.2. The summed E-state index contributed by atoms with van der Waals surface area (Å²) in [6.45, 7) is 7.69. The number of phenols is 1. The number of rotatable bonds is 6. The molecule has 33 heavy (non-hydrogen) atoms. The number of benzene rings is 2. The molecular weight excluding hydrogens is 423 g/mol. The van der Waals surface area contributed by atoms with E-state index in [2.05, 4.69) is 44.0 Å². The molecule has 8 nitrogen and oxygen atoms in total. The van der Waals surface area contributed by atoms with Crippen LogP contribution in [0.5, 0.6) is 5.75 Å². The normalized spacial score (nSPS) is 14.1. The fourth-order valence-electron chi connectivity index (χ4n) is 3.54. The molecule has 1 aliphatic heterocycles. The van der Waals surface area contributed by atoms with Crippen LogP contribution in [0.4, 0.5) is 27.4 Å². The van der Waals surface area contributed by atoms with E-state index in [1.807, 2.05) is 24.3 Å². The van der Waals surface area contributed by atoms with Crippen LogP contribution in [0.1, 0.15) is 16.1 Å². The van der Waals surface area contributed by atoms with Crippen molar-refractivity contribution in [1.82, 2.24) is 14.9 Å². The average molecular weight is 449 g/mol. The number of nitrogens with one attached hydrogen (secondary N) is 2. The van der Waals surface area contributed by atoms with Crippen molar-refractivity contribution in [2.45, 2.75) is 0 Å². The number of anilines is 4. The predicted octanol–water partition coefficient (Wildman–Crippen LogP) is 3.71. The molecule has 0 unspecified atom stereocenters. The van der Waals surface area contributed by atoms with E-state index in [1.165, 1.54) is 24.4 Å². The molecule has 0 aliphatic carbocycles. The summed E-state index contributed by atoms with van der Waals surface area (Å²) in [5.41, 5.74) is 1.96. The van der Waals surface area contributed by atoms with Gasteiger partial charge in [-0.25, -0.2) is 14.4 Å². The van der Waals surface area contributed by atoms with E-state index in [0.29, 0.717) is 5.56 Å². The van der Waals surface area contributed by atoms with Crippen molar-refractivity contribution in [3.05, 3.63) is 72.3 Å². The van der Waals surface area contributed by atoms with Crippen LogP contribution in [0.15, 0.2) is 55.2 Å². The van der Waals surface area contributed by atoms with Gasteiger partial charge in [0.15, 0.2) is 5.82 Å². The molecule has 1 saturated heterocycles. The molecule has 0 spiro atoms. The molecule has 1 aliphatic rings. The topological polar surface area (TPSA) is 93.6 Å². The number of aromatic nitrogens is 2. The molecule has 0 bridgehead atoms. The van der Waals surface area contributed by atoms with Crippen LogP contribution in [-0.2, 0) is 0 Å². The highest BCUT2D eigenvalue weighted by Crippen LogP contribution is 2.27. The smallest absolute Gasteiger partial charge is 0.275 e. The number of likely N-dealkylation sites (N-methyl/N-ethyl adjacent to an activating group) is 1. The average Bonchev–Trinajstić information content (AvgIpc) is 2.82. The van der Waals surface area contributed by atoms with Gasteiger partial charge in [0.1, 0.15) is 17.1 Å². The number of nitrogens with zero attached hydrogens (tertiary/aromatic N) is 4. The van der Waals surface area contributed by atoms with Gasteiger partial charge in [0.05, 0.1) is 0 Å². The fourth-order valence-corrected chi connectivity index (χ4v) is 3.54. The number of amides is 1. The standard InChI is InChI=1S/C24H25FN6O2/c1-3-16-15-26-24(29-21(16)23(33)28-22-19(25)5-4-6-20(22)32)27-17-7-9-18(10-8-17)31-13-11-30(2)12-14-31/h3-10,15,32H,1,11-14H2,2H3,(H,28,33)(H,26,27,29). The van der Waals surface area contributed by atoms with Crippen molar-refractivity contribution in [2.75, 3.05) is 48.8 Å². The number of halogens is 1. The maximum absolute atomic E-state index is 14.0. The molecule has 3 N–H and O–H groups in total. The third-order valence-corrected chi connectivity index (χ3v) is 5.47. The Morgan fingerprint density at radius 2 is 1.88 bits per heavy atom. The van der Waals surface area contributed by atoms with Gasteiger partial charge in [0.2, 0.25) is 5.95 Å². The van der Waals surface area contributed by atoms with Gasteiger partial charge < -0.3 is 25.5 Å². The first-order valence-corrected chi connectivity index (χ1v) is 10.5. The first kappa shape index (κ1) is 22.2. The van der Waals surface area contributed by atoms with Crippen LogP contribution < -0.4 is 15.5 Å². The quantitative estimate of drug-likeness (QED) is 0.495. The molecule has 0 saturated carbocycles. The van der Waals surface area contributed by atoms with Gasteiger partial charge in [-0.05, 0) is 43.4 Å². The fraction of sp³-hybridized carbons (Fsp3) is 0.208. The highest BCUT2D eigenvalue weighted by atomic mass is 19.1. The summed E-state index contributed by atoms with van der Waals surface area (Å²) in [4.78, 5) is 25.9. The van der Waals surface area contributed by atoms with Crippen molar-refractivity contribution in [2.24, 2.45) is 0 Å². The van der Waals surface area contributed by atoms with E-state index in [9.17, 15) is 14.3 Å². The van der Waals surface area contributed by atoms with Crippen LogP contribution in [0.2, 0.25) is 0 Å². The Balaban J connectivity index is 1.51. The molecule has 0 atom stereocenters. The second-order valence-corrected chi connectivity index (χ2v) is 7.75. The lowest BCUT2D eigenvalue weighted by molar-refractivity contribution is 0.102. The largest absolute Gasteiger partial charge is 0.506 e. The van der Waals surface area contributed by atoms with Crippen LogP contribution in [0.3, 0.4) is 0 Å². The minimum Gasteiger partial charge on any atom is -0.506 e. The molecule has 2 heterocycles. The molecule has 2 aromatic carbocycles. The number of para-hydroxylation sites is 1. The molecule has 3 aromatic rings. The van der Waals surface area contributed by atoms with E-state index in [0.717, 1.165) is 43.6 Å². The van der Waals surface area contributed by atoms with Crippen LogP contribution in [0.25, 0.3) is 6.08 Å². The maximum Gasteiger partial charge on any atom is 0.275 e. The van der Waals surface area contributed by atoms with Gasteiger partial charge in [0.25, 0.3) is 5.91 Å². The Morgan fingerprint density at radius 3 is 2.55 bits per heavy atom. The molecule has 170 valence electrons. The minimum atomic E-state index is -0.753. The molecule has 9 heteroatoms. The summed E-state index contributed by atoms with van der Waals surface area (Å²) < 4.78 is 14.0. The van der Waals surface area contributed by atoms with Gasteiger partial charge in [-0.2, -0.15) is 0 Å². The first-order valence-electron chi connectivity index (χ1n) is 10.5. The van der Waals surface area contributed by atoms with E-state index in [4.69, 9.17) is 0 Å². The van der Waals surface area contributed by atoms with Gasteiger partial charge >= 0.3 is 0 Å². The summed E-state index contributed by atoms with van der Waals surface area (Å²) in [7, 11) is 2.12. The maximum atomic E-state index is 14.0. The lowest BCUT2D eigenvalue weighted by Crippen LogP contribution is -2.44. The summed E-state index contributed by atoms with van der Waals surface area (Å²) in [5.74, 6) is -1.62. The SMILES string of the molecule is C=Cc1cnc(Nc2ccc(N3CCN(C)CC3)cc2)nc1C(=O)Nc1c(O)cccc1F. The van der Waals surface area contributed by atoms with Gasteiger partial charge in [-0.15, -0.1) is 0 Å². The highest BCUT2D eigenvalue weighted by Gasteiger charge is 2.18. The van der Waals surface area contributed by atoms with E-state index >= 15 is 0 Å². The van der Waals surface area contributed by atoms with E-state index in [1.54, 1.807) is 0 Å². The predicted molar refractivity (Wildman–Crippen MR) is 128 cm³/mol. The highest BCUT2D eigenvalue weighted by molar-refractivity contribution is 6.06.